The molecule has 1 unspecified atom stereocenters. The molecule has 20 heavy (non-hydrogen) atoms. The number of likely N-dealkylation sites (N-methyl/N-ethyl adjacent to an activating group) is 1. The van der Waals surface area contributed by atoms with Gasteiger partial charge in [0.1, 0.15) is 11.4 Å². The number of aromatic nitrogens is 2. The Morgan fingerprint density at radius 3 is 2.25 bits per heavy atom. The summed E-state index contributed by atoms with van der Waals surface area (Å²) in [5.41, 5.74) is 4.42. The summed E-state index contributed by atoms with van der Waals surface area (Å²) >= 11 is 0. The van der Waals surface area contributed by atoms with E-state index in [9.17, 15) is 14.4 Å². The zero-order valence-electron chi connectivity index (χ0n) is 12.3. The molecule has 0 fully saturated rings. The second-order valence-corrected chi connectivity index (χ2v) is 4.58. The fourth-order valence-corrected chi connectivity index (χ4v) is 1.77. The predicted octanol–water partition coefficient (Wildman–Crippen LogP) is -0.389. The molecular weight excluding hydrogens is 284 g/mol. The summed E-state index contributed by atoms with van der Waals surface area (Å²) in [5, 5.41) is 0. The standard InChI is InChI=1S/C12H20N4O3.ClH/c1-6-14(3)7(2)9(17)8-10(13)15(4)12(19)16(5)11(8)18;/h7H,6,13H2,1-5H3;1H. The van der Waals surface area contributed by atoms with Crippen LogP contribution in [0.25, 0.3) is 0 Å². The molecule has 0 saturated carbocycles. The molecule has 0 saturated heterocycles. The Morgan fingerprint density at radius 1 is 1.30 bits per heavy atom. The highest BCUT2D eigenvalue weighted by atomic mass is 35.5. The van der Waals surface area contributed by atoms with Gasteiger partial charge in [-0.05, 0) is 20.5 Å². The van der Waals surface area contributed by atoms with Crippen LogP contribution >= 0.6 is 12.4 Å². The lowest BCUT2D eigenvalue weighted by Crippen LogP contribution is -2.45. The summed E-state index contributed by atoms with van der Waals surface area (Å²) in [6, 6.07) is -0.475. The van der Waals surface area contributed by atoms with Gasteiger partial charge in [-0.2, -0.15) is 0 Å². The molecule has 0 aliphatic rings. The molecule has 0 aliphatic heterocycles. The van der Waals surface area contributed by atoms with Crippen molar-refractivity contribution in [2.75, 3.05) is 19.3 Å². The minimum Gasteiger partial charge on any atom is -0.384 e. The van der Waals surface area contributed by atoms with Gasteiger partial charge < -0.3 is 5.73 Å². The molecule has 0 amide bonds. The minimum atomic E-state index is -0.651. The van der Waals surface area contributed by atoms with Crippen LogP contribution in [0.1, 0.15) is 24.2 Å². The maximum absolute atomic E-state index is 12.4. The van der Waals surface area contributed by atoms with Crippen LogP contribution in [0.4, 0.5) is 5.82 Å². The average molecular weight is 305 g/mol. The first-order valence-electron chi connectivity index (χ1n) is 6.03. The van der Waals surface area contributed by atoms with Gasteiger partial charge >= 0.3 is 5.69 Å². The molecule has 1 rings (SSSR count). The number of carbonyl (C=O) groups excluding carboxylic acids is 1. The highest BCUT2D eigenvalue weighted by Gasteiger charge is 2.26. The molecule has 114 valence electrons. The second-order valence-electron chi connectivity index (χ2n) is 4.58. The van der Waals surface area contributed by atoms with Crippen LogP contribution in [0.5, 0.6) is 0 Å². The lowest BCUT2D eigenvalue weighted by atomic mass is 10.1. The van der Waals surface area contributed by atoms with Crippen molar-refractivity contribution in [1.29, 1.82) is 0 Å². The summed E-state index contributed by atoms with van der Waals surface area (Å²) in [5.74, 6) is -0.465. The Labute approximate surface area is 123 Å². The van der Waals surface area contributed by atoms with E-state index >= 15 is 0 Å². The molecule has 0 bridgehead atoms. The highest BCUT2D eigenvalue weighted by Crippen LogP contribution is 2.09. The monoisotopic (exact) mass is 304 g/mol. The molecule has 2 N–H and O–H groups in total. The van der Waals surface area contributed by atoms with Gasteiger partial charge in [0.05, 0.1) is 6.04 Å². The number of nitrogens with zero attached hydrogens (tertiary/aromatic N) is 3. The normalized spacial score (nSPS) is 12.1. The number of nitrogen functional groups attached to an aromatic ring is 1. The summed E-state index contributed by atoms with van der Waals surface area (Å²) < 4.78 is 2.00. The van der Waals surface area contributed by atoms with E-state index in [1.165, 1.54) is 14.1 Å². The molecule has 1 atom stereocenters. The number of hydrogen-bond donors (Lipinski definition) is 1. The topological polar surface area (TPSA) is 90.3 Å². The number of rotatable bonds is 4. The van der Waals surface area contributed by atoms with Crippen molar-refractivity contribution in [1.82, 2.24) is 14.0 Å². The molecular formula is C12H21ClN4O3. The van der Waals surface area contributed by atoms with Crippen molar-refractivity contribution in [2.45, 2.75) is 19.9 Å². The van der Waals surface area contributed by atoms with Crippen LogP contribution in [0.3, 0.4) is 0 Å². The molecule has 8 heteroatoms. The third-order valence-corrected chi connectivity index (χ3v) is 3.50. The van der Waals surface area contributed by atoms with Crippen molar-refractivity contribution < 1.29 is 4.79 Å². The SMILES string of the molecule is CCN(C)C(C)C(=O)c1c(N)n(C)c(=O)n(C)c1=O.Cl. The summed E-state index contributed by atoms with van der Waals surface area (Å²) in [7, 11) is 4.54. The number of ketones is 1. The minimum absolute atomic E-state index is 0. The van der Waals surface area contributed by atoms with E-state index in [2.05, 4.69) is 0 Å². The lowest BCUT2D eigenvalue weighted by molar-refractivity contribution is 0.0871. The average Bonchev–Trinajstić information content (AvgIpc) is 2.41. The highest BCUT2D eigenvalue weighted by molar-refractivity contribution is 6.03. The summed E-state index contributed by atoms with van der Waals surface area (Å²) in [4.78, 5) is 37.9. The Hall–Kier alpha value is -1.60. The maximum atomic E-state index is 12.4. The van der Waals surface area contributed by atoms with Crippen molar-refractivity contribution >= 4 is 24.0 Å². The third-order valence-electron chi connectivity index (χ3n) is 3.50. The zero-order chi connectivity index (χ0) is 14.9. The van der Waals surface area contributed by atoms with E-state index in [4.69, 9.17) is 5.73 Å². The summed E-state index contributed by atoms with van der Waals surface area (Å²) in [6.07, 6.45) is 0. The van der Waals surface area contributed by atoms with E-state index in [-0.39, 0.29) is 29.6 Å². The number of hydrogen-bond acceptors (Lipinski definition) is 5. The molecule has 0 aromatic carbocycles. The van der Waals surface area contributed by atoms with E-state index in [1.54, 1.807) is 18.9 Å². The predicted molar refractivity (Wildman–Crippen MR) is 80.7 cm³/mol. The molecule has 0 radical (unpaired) electrons. The van der Waals surface area contributed by atoms with Crippen molar-refractivity contribution in [3.63, 3.8) is 0 Å². The van der Waals surface area contributed by atoms with Gasteiger partial charge in [-0.25, -0.2) is 4.79 Å². The van der Waals surface area contributed by atoms with Gasteiger partial charge in [-0.15, -0.1) is 12.4 Å². The Bertz CT molecular complexity index is 620. The fraction of sp³-hybridized carbons (Fsp3) is 0.583. The number of halogens is 1. The lowest BCUT2D eigenvalue weighted by Gasteiger charge is -2.22. The molecule has 0 aliphatic carbocycles. The quantitative estimate of drug-likeness (QED) is 0.765. The van der Waals surface area contributed by atoms with E-state index in [1.807, 2.05) is 6.92 Å². The van der Waals surface area contributed by atoms with Gasteiger partial charge in [0.2, 0.25) is 0 Å². The van der Waals surface area contributed by atoms with E-state index < -0.39 is 17.3 Å². The van der Waals surface area contributed by atoms with Gasteiger partial charge in [-0.3, -0.25) is 23.6 Å². The number of Topliss-reactive ketones (excluding diaryl/α,β-unsaturated/α-hetero) is 1. The van der Waals surface area contributed by atoms with Crippen LogP contribution in [0, 0.1) is 0 Å². The van der Waals surface area contributed by atoms with Crippen LogP contribution in [-0.2, 0) is 14.1 Å². The molecule has 7 nitrogen and oxygen atoms in total. The van der Waals surface area contributed by atoms with Crippen LogP contribution in [0.15, 0.2) is 9.59 Å². The largest absolute Gasteiger partial charge is 0.384 e. The molecule has 1 aromatic rings. The van der Waals surface area contributed by atoms with Crippen LogP contribution < -0.4 is 17.0 Å². The first-order chi connectivity index (χ1) is 8.73. The Kier molecular flexibility index (Phi) is 6.18. The molecule has 1 aromatic heterocycles. The van der Waals surface area contributed by atoms with Crippen molar-refractivity contribution in [3.05, 3.63) is 26.4 Å². The van der Waals surface area contributed by atoms with Gasteiger partial charge in [0.25, 0.3) is 5.56 Å². The van der Waals surface area contributed by atoms with Gasteiger partial charge in [0, 0.05) is 14.1 Å². The van der Waals surface area contributed by atoms with E-state index in [0.29, 0.717) is 6.54 Å². The Morgan fingerprint density at radius 2 is 1.80 bits per heavy atom. The fourth-order valence-electron chi connectivity index (χ4n) is 1.77. The van der Waals surface area contributed by atoms with Crippen LogP contribution in [0.2, 0.25) is 0 Å². The second kappa shape index (κ2) is 6.71. The zero-order valence-corrected chi connectivity index (χ0v) is 13.2. The van der Waals surface area contributed by atoms with Crippen molar-refractivity contribution in [2.24, 2.45) is 14.1 Å². The first-order valence-corrected chi connectivity index (χ1v) is 6.03. The van der Waals surface area contributed by atoms with Gasteiger partial charge in [0.15, 0.2) is 5.78 Å². The van der Waals surface area contributed by atoms with Crippen molar-refractivity contribution in [3.8, 4) is 0 Å². The van der Waals surface area contributed by atoms with E-state index in [0.717, 1.165) is 9.13 Å². The number of anilines is 1. The Balaban J connectivity index is 0.00000361. The van der Waals surface area contributed by atoms with Crippen LogP contribution in [-0.4, -0.2) is 39.5 Å². The molecule has 1 heterocycles. The number of nitrogens with two attached hydrogens (primary N) is 1. The maximum Gasteiger partial charge on any atom is 0.332 e. The van der Waals surface area contributed by atoms with Gasteiger partial charge in [-0.1, -0.05) is 6.92 Å². The first kappa shape index (κ1) is 18.4. The smallest absolute Gasteiger partial charge is 0.332 e. The summed E-state index contributed by atoms with van der Waals surface area (Å²) in [6.45, 7) is 4.28. The third kappa shape index (κ3) is 2.94. The molecule has 0 spiro atoms. The number of carbonyl (C=O) groups is 1.